The molecule has 1 fully saturated rings. The molecule has 0 spiro atoms. The second kappa shape index (κ2) is 13.1. The van der Waals surface area contributed by atoms with Crippen molar-refractivity contribution in [2.75, 3.05) is 45.4 Å². The van der Waals surface area contributed by atoms with Gasteiger partial charge in [-0.3, -0.25) is 4.98 Å². The van der Waals surface area contributed by atoms with Gasteiger partial charge in [0, 0.05) is 62.9 Å². The van der Waals surface area contributed by atoms with E-state index < -0.39 is 17.8 Å². The van der Waals surface area contributed by atoms with Crippen molar-refractivity contribution in [3.63, 3.8) is 0 Å². The number of carbonyl (C=O) groups is 1. The lowest BCUT2D eigenvalue weighted by Crippen LogP contribution is -2.40. The smallest absolute Gasteiger partial charge is 0.410 e. The Morgan fingerprint density at radius 3 is 2.50 bits per heavy atom. The summed E-state index contributed by atoms with van der Waals surface area (Å²) in [5.74, 6) is 2.02. The van der Waals surface area contributed by atoms with Crippen LogP contribution >= 0.6 is 0 Å². The molecule has 0 saturated carbocycles. The van der Waals surface area contributed by atoms with E-state index in [4.69, 9.17) is 24.2 Å². The summed E-state index contributed by atoms with van der Waals surface area (Å²) in [7, 11) is 3.65. The monoisotopic (exact) mass is 549 g/mol. The minimum atomic E-state index is -0.891. The molecular weight excluding hydrogens is 510 g/mol. The maximum absolute atomic E-state index is 12.2. The number of anilines is 1. The van der Waals surface area contributed by atoms with E-state index in [0.29, 0.717) is 17.6 Å². The van der Waals surface area contributed by atoms with Gasteiger partial charge >= 0.3 is 6.09 Å². The van der Waals surface area contributed by atoms with Gasteiger partial charge in [0.05, 0.1) is 12.2 Å². The Hall–Kier alpha value is -3.76. The molecule has 10 heteroatoms. The Morgan fingerprint density at radius 1 is 1.07 bits per heavy atom. The van der Waals surface area contributed by atoms with Crippen LogP contribution in [-0.2, 0) is 9.47 Å². The number of hydrogen-bond donors (Lipinski definition) is 1. The van der Waals surface area contributed by atoms with Crippen molar-refractivity contribution < 1.29 is 24.1 Å². The highest BCUT2D eigenvalue weighted by molar-refractivity contribution is 5.69. The first-order valence-corrected chi connectivity index (χ1v) is 13.5. The minimum Gasteiger partial charge on any atom is -0.491 e. The van der Waals surface area contributed by atoms with Gasteiger partial charge in [0.15, 0.2) is 5.82 Å². The second-order valence-corrected chi connectivity index (χ2v) is 11.0. The number of ether oxygens (including phenoxy) is 3. The summed E-state index contributed by atoms with van der Waals surface area (Å²) in [5, 5.41) is 10.5. The molecule has 0 bridgehead atoms. The molecule has 1 saturated heterocycles. The fourth-order valence-electron chi connectivity index (χ4n) is 4.37. The highest BCUT2D eigenvalue weighted by atomic mass is 16.6. The first-order chi connectivity index (χ1) is 19.1. The van der Waals surface area contributed by atoms with Crippen LogP contribution in [0.25, 0.3) is 22.6 Å². The van der Waals surface area contributed by atoms with Gasteiger partial charge in [-0.1, -0.05) is 12.1 Å². The van der Waals surface area contributed by atoms with Crippen LogP contribution in [-0.4, -0.2) is 89.3 Å². The van der Waals surface area contributed by atoms with Crippen LogP contribution in [0, 0.1) is 0 Å². The zero-order valence-corrected chi connectivity index (χ0v) is 23.9. The van der Waals surface area contributed by atoms with Gasteiger partial charge in [-0.25, -0.2) is 14.8 Å². The predicted octanol–water partition coefficient (Wildman–Crippen LogP) is 4.43. The summed E-state index contributed by atoms with van der Waals surface area (Å²) in [6, 6.07) is 13.7. The summed E-state index contributed by atoms with van der Waals surface area (Å²) >= 11 is 0. The predicted molar refractivity (Wildman–Crippen MR) is 153 cm³/mol. The standard InChI is InChI=1S/C30H39N5O5/c1-30(2,3)40-29(37)34(4)19-24(36)20-39-25-8-6-7-22(17-25)26-18-27(35(5)23-11-15-38-16-12-23)33-28(32-26)21-9-13-31-14-10-21/h6-10,13-14,17-18,23-24,36H,11-12,15-16,19-20H2,1-5H3. The second-order valence-electron chi connectivity index (χ2n) is 11.0. The van der Waals surface area contributed by atoms with Gasteiger partial charge < -0.3 is 29.1 Å². The van der Waals surface area contributed by atoms with Gasteiger partial charge in [0.1, 0.15) is 29.9 Å². The van der Waals surface area contributed by atoms with Crippen LogP contribution in [0.15, 0.2) is 54.9 Å². The van der Waals surface area contributed by atoms with E-state index in [0.717, 1.165) is 48.7 Å². The summed E-state index contributed by atoms with van der Waals surface area (Å²) in [4.78, 5) is 29.6. The third-order valence-corrected chi connectivity index (χ3v) is 6.51. The zero-order valence-electron chi connectivity index (χ0n) is 23.9. The van der Waals surface area contributed by atoms with Gasteiger partial charge in [-0.2, -0.15) is 0 Å². The highest BCUT2D eigenvalue weighted by Gasteiger charge is 2.23. The lowest BCUT2D eigenvalue weighted by Gasteiger charge is -2.32. The van der Waals surface area contributed by atoms with Crippen LogP contribution < -0.4 is 9.64 Å². The number of nitrogens with zero attached hydrogens (tertiary/aromatic N) is 5. The lowest BCUT2D eigenvalue weighted by atomic mass is 10.1. The number of hydrogen-bond acceptors (Lipinski definition) is 9. The topological polar surface area (TPSA) is 110 Å². The molecule has 1 aliphatic rings. The molecule has 1 unspecified atom stereocenters. The van der Waals surface area contributed by atoms with Crippen molar-refractivity contribution in [3.05, 3.63) is 54.9 Å². The van der Waals surface area contributed by atoms with Crippen molar-refractivity contribution >= 4 is 11.9 Å². The SMILES string of the molecule is CN(CC(O)COc1cccc(-c2cc(N(C)C3CCOCC3)nc(-c3ccncc3)n2)c1)C(=O)OC(C)(C)C. The molecule has 1 N–H and O–H groups in total. The van der Waals surface area contributed by atoms with Gasteiger partial charge in [0.25, 0.3) is 0 Å². The average Bonchev–Trinajstić information content (AvgIpc) is 2.95. The van der Waals surface area contributed by atoms with Crippen LogP contribution in [0.3, 0.4) is 0 Å². The Balaban J connectivity index is 1.51. The van der Waals surface area contributed by atoms with Crippen LogP contribution in [0.4, 0.5) is 10.6 Å². The number of aliphatic hydroxyl groups excluding tert-OH is 1. The number of amides is 1. The zero-order chi connectivity index (χ0) is 28.7. The molecule has 2 aromatic heterocycles. The fraction of sp³-hybridized carbons (Fsp3) is 0.467. The number of carbonyl (C=O) groups excluding carboxylic acids is 1. The Labute approximate surface area is 235 Å². The molecule has 1 amide bonds. The Bertz CT molecular complexity index is 1260. The van der Waals surface area contributed by atoms with E-state index in [2.05, 4.69) is 16.9 Å². The third kappa shape index (κ3) is 8.12. The van der Waals surface area contributed by atoms with Crippen LogP contribution in [0.2, 0.25) is 0 Å². The number of aliphatic hydroxyl groups is 1. The maximum atomic E-state index is 12.2. The molecular formula is C30H39N5O5. The third-order valence-electron chi connectivity index (χ3n) is 6.51. The van der Waals surface area contributed by atoms with E-state index in [9.17, 15) is 9.90 Å². The average molecular weight is 550 g/mol. The minimum absolute atomic E-state index is 0.0143. The number of benzene rings is 1. The maximum Gasteiger partial charge on any atom is 0.410 e. The number of aromatic nitrogens is 3. The molecule has 10 nitrogen and oxygen atoms in total. The van der Waals surface area contributed by atoms with E-state index >= 15 is 0 Å². The largest absolute Gasteiger partial charge is 0.491 e. The van der Waals surface area contributed by atoms with Gasteiger partial charge in [0.2, 0.25) is 0 Å². The van der Waals surface area contributed by atoms with Crippen molar-refractivity contribution in [2.45, 2.75) is 51.4 Å². The molecule has 1 aliphatic heterocycles. The molecule has 0 radical (unpaired) electrons. The Morgan fingerprint density at radius 2 is 1.80 bits per heavy atom. The van der Waals surface area contributed by atoms with Crippen molar-refractivity contribution in [3.8, 4) is 28.4 Å². The molecule has 1 atom stereocenters. The molecule has 1 aromatic carbocycles. The van der Waals surface area contributed by atoms with E-state index in [1.54, 1.807) is 40.2 Å². The summed E-state index contributed by atoms with van der Waals surface area (Å²) in [5.41, 5.74) is 1.89. The lowest BCUT2D eigenvalue weighted by molar-refractivity contribution is 0.0154. The Kier molecular flexibility index (Phi) is 9.54. The van der Waals surface area contributed by atoms with E-state index in [-0.39, 0.29) is 13.2 Å². The molecule has 214 valence electrons. The molecule has 0 aliphatic carbocycles. The highest BCUT2D eigenvalue weighted by Crippen LogP contribution is 2.29. The van der Waals surface area contributed by atoms with Crippen molar-refractivity contribution in [1.29, 1.82) is 0 Å². The summed E-state index contributed by atoms with van der Waals surface area (Å²) in [6.07, 6.45) is 3.95. The summed E-state index contributed by atoms with van der Waals surface area (Å²) < 4.78 is 16.8. The molecule has 3 aromatic rings. The van der Waals surface area contributed by atoms with Crippen molar-refractivity contribution in [2.24, 2.45) is 0 Å². The molecule has 4 rings (SSSR count). The number of rotatable bonds is 9. The van der Waals surface area contributed by atoms with E-state index in [1.165, 1.54) is 4.90 Å². The summed E-state index contributed by atoms with van der Waals surface area (Å²) in [6.45, 7) is 6.97. The quantitative estimate of drug-likeness (QED) is 0.414. The molecule has 40 heavy (non-hydrogen) atoms. The number of likely N-dealkylation sites (N-methyl/N-ethyl adjacent to an activating group) is 1. The molecule has 3 heterocycles. The van der Waals surface area contributed by atoms with E-state index in [1.807, 2.05) is 42.5 Å². The van der Waals surface area contributed by atoms with Crippen LogP contribution in [0.1, 0.15) is 33.6 Å². The van der Waals surface area contributed by atoms with Crippen LogP contribution in [0.5, 0.6) is 5.75 Å². The van der Waals surface area contributed by atoms with Gasteiger partial charge in [-0.15, -0.1) is 0 Å². The fourth-order valence-corrected chi connectivity index (χ4v) is 4.37. The van der Waals surface area contributed by atoms with Crippen molar-refractivity contribution in [1.82, 2.24) is 19.9 Å². The number of pyridine rings is 1. The first-order valence-electron chi connectivity index (χ1n) is 13.5. The van der Waals surface area contributed by atoms with Gasteiger partial charge in [-0.05, 0) is 57.9 Å². The first kappa shape index (κ1) is 29.2. The normalized spacial score (nSPS) is 14.8.